The van der Waals surface area contributed by atoms with Crippen molar-refractivity contribution in [2.45, 2.75) is 45.9 Å². The molecule has 26 heavy (non-hydrogen) atoms. The summed E-state index contributed by atoms with van der Waals surface area (Å²) in [4.78, 5) is 14.9. The molecule has 4 heteroatoms. The molecular weight excluding hydrogens is 324 g/mol. The molecule has 138 valence electrons. The standard InChI is InChI=1S/C22H28N2O2/c1-17-9-11-21(12-10-17)26-18(2)22(25)23-15-19-7-3-4-8-20(19)16-24-13-5-6-14-24/h3-4,7-12,18H,5-6,13-16H2,1-2H3,(H,23,25). The van der Waals surface area contributed by atoms with Crippen LogP contribution in [0.25, 0.3) is 0 Å². The van der Waals surface area contributed by atoms with Crippen LogP contribution >= 0.6 is 0 Å². The molecule has 1 N–H and O–H groups in total. The summed E-state index contributed by atoms with van der Waals surface area (Å²) in [6, 6.07) is 16.1. The Morgan fingerprint density at radius 3 is 2.42 bits per heavy atom. The Morgan fingerprint density at radius 2 is 1.73 bits per heavy atom. The molecule has 0 bridgehead atoms. The van der Waals surface area contributed by atoms with Crippen molar-refractivity contribution in [3.8, 4) is 5.75 Å². The number of likely N-dealkylation sites (tertiary alicyclic amines) is 1. The van der Waals surface area contributed by atoms with Gasteiger partial charge in [0.25, 0.3) is 5.91 Å². The topological polar surface area (TPSA) is 41.6 Å². The molecule has 2 aromatic rings. The Morgan fingerprint density at radius 1 is 1.08 bits per heavy atom. The molecule has 4 nitrogen and oxygen atoms in total. The molecule has 0 saturated carbocycles. The van der Waals surface area contributed by atoms with Crippen molar-refractivity contribution < 1.29 is 9.53 Å². The zero-order valence-corrected chi connectivity index (χ0v) is 15.7. The fourth-order valence-corrected chi connectivity index (χ4v) is 3.27. The Bertz CT molecular complexity index is 721. The minimum atomic E-state index is -0.525. The third kappa shape index (κ3) is 5.09. The van der Waals surface area contributed by atoms with Gasteiger partial charge in [-0.3, -0.25) is 9.69 Å². The van der Waals surface area contributed by atoms with Gasteiger partial charge in [0.1, 0.15) is 5.75 Å². The van der Waals surface area contributed by atoms with E-state index in [4.69, 9.17) is 4.74 Å². The second-order valence-electron chi connectivity index (χ2n) is 7.04. The summed E-state index contributed by atoms with van der Waals surface area (Å²) in [5, 5.41) is 3.01. The first kappa shape index (κ1) is 18.5. The minimum Gasteiger partial charge on any atom is -0.481 e. The molecule has 1 aliphatic heterocycles. The monoisotopic (exact) mass is 352 g/mol. The van der Waals surface area contributed by atoms with Crippen LogP contribution in [0.5, 0.6) is 5.75 Å². The number of benzene rings is 2. The highest BCUT2D eigenvalue weighted by Crippen LogP contribution is 2.17. The number of rotatable bonds is 7. The average Bonchev–Trinajstić information content (AvgIpc) is 3.15. The molecule has 0 aromatic heterocycles. The predicted molar refractivity (Wildman–Crippen MR) is 104 cm³/mol. The lowest BCUT2D eigenvalue weighted by molar-refractivity contribution is -0.127. The van der Waals surface area contributed by atoms with Gasteiger partial charge in [-0.1, -0.05) is 42.0 Å². The number of carbonyl (C=O) groups is 1. The van der Waals surface area contributed by atoms with E-state index in [1.54, 1.807) is 6.92 Å². The van der Waals surface area contributed by atoms with Crippen LogP contribution in [0.15, 0.2) is 48.5 Å². The van der Waals surface area contributed by atoms with Crippen LogP contribution in [-0.4, -0.2) is 30.0 Å². The summed E-state index contributed by atoms with van der Waals surface area (Å²) < 4.78 is 5.74. The van der Waals surface area contributed by atoms with E-state index in [0.29, 0.717) is 12.3 Å². The van der Waals surface area contributed by atoms with Gasteiger partial charge in [-0.25, -0.2) is 0 Å². The van der Waals surface area contributed by atoms with Gasteiger partial charge in [0, 0.05) is 13.1 Å². The van der Waals surface area contributed by atoms with E-state index in [9.17, 15) is 4.79 Å². The van der Waals surface area contributed by atoms with Gasteiger partial charge in [-0.15, -0.1) is 0 Å². The van der Waals surface area contributed by atoms with E-state index in [2.05, 4.69) is 28.4 Å². The van der Waals surface area contributed by atoms with E-state index >= 15 is 0 Å². The second kappa shape index (κ2) is 8.86. The number of hydrogen-bond donors (Lipinski definition) is 1. The number of nitrogens with one attached hydrogen (secondary N) is 1. The van der Waals surface area contributed by atoms with E-state index in [1.165, 1.54) is 42.6 Å². The highest BCUT2D eigenvalue weighted by atomic mass is 16.5. The Kier molecular flexibility index (Phi) is 6.29. The van der Waals surface area contributed by atoms with Crippen molar-refractivity contribution in [3.63, 3.8) is 0 Å². The SMILES string of the molecule is Cc1ccc(OC(C)C(=O)NCc2ccccc2CN2CCCC2)cc1. The van der Waals surface area contributed by atoms with Crippen LogP contribution in [0.1, 0.15) is 36.5 Å². The normalized spacial score (nSPS) is 15.6. The minimum absolute atomic E-state index is 0.0958. The van der Waals surface area contributed by atoms with Gasteiger partial charge >= 0.3 is 0 Å². The number of amides is 1. The van der Waals surface area contributed by atoms with Crippen molar-refractivity contribution in [2.75, 3.05) is 13.1 Å². The van der Waals surface area contributed by atoms with Gasteiger partial charge in [0.05, 0.1) is 0 Å². The van der Waals surface area contributed by atoms with Gasteiger partial charge < -0.3 is 10.1 Å². The van der Waals surface area contributed by atoms with E-state index in [0.717, 1.165) is 6.54 Å². The molecule has 1 fully saturated rings. The molecule has 1 saturated heterocycles. The van der Waals surface area contributed by atoms with Crippen LogP contribution in [0.4, 0.5) is 0 Å². The fourth-order valence-electron chi connectivity index (χ4n) is 3.27. The van der Waals surface area contributed by atoms with Crippen LogP contribution in [-0.2, 0) is 17.9 Å². The summed E-state index contributed by atoms with van der Waals surface area (Å²) in [7, 11) is 0. The van der Waals surface area contributed by atoms with Crippen molar-refractivity contribution in [2.24, 2.45) is 0 Å². The van der Waals surface area contributed by atoms with Crippen molar-refractivity contribution in [1.82, 2.24) is 10.2 Å². The van der Waals surface area contributed by atoms with Gasteiger partial charge in [-0.05, 0) is 63.0 Å². The Labute approximate surface area is 156 Å². The molecular formula is C22H28N2O2. The predicted octanol–water partition coefficient (Wildman–Crippen LogP) is 3.67. The number of hydrogen-bond acceptors (Lipinski definition) is 3. The lowest BCUT2D eigenvalue weighted by atomic mass is 10.1. The van der Waals surface area contributed by atoms with Crippen molar-refractivity contribution >= 4 is 5.91 Å². The first-order valence-electron chi connectivity index (χ1n) is 9.42. The molecule has 3 rings (SSSR count). The van der Waals surface area contributed by atoms with Crippen molar-refractivity contribution in [3.05, 3.63) is 65.2 Å². The summed E-state index contributed by atoms with van der Waals surface area (Å²) >= 11 is 0. The quantitative estimate of drug-likeness (QED) is 0.827. The maximum Gasteiger partial charge on any atom is 0.261 e. The second-order valence-corrected chi connectivity index (χ2v) is 7.04. The first-order valence-corrected chi connectivity index (χ1v) is 9.42. The van der Waals surface area contributed by atoms with Crippen LogP contribution < -0.4 is 10.1 Å². The lowest BCUT2D eigenvalue weighted by Gasteiger charge is -2.19. The number of nitrogens with zero attached hydrogens (tertiary/aromatic N) is 1. The Hall–Kier alpha value is -2.33. The number of carbonyl (C=O) groups excluding carboxylic acids is 1. The highest BCUT2D eigenvalue weighted by Gasteiger charge is 2.16. The maximum atomic E-state index is 12.4. The van der Waals surface area contributed by atoms with Crippen LogP contribution in [0.2, 0.25) is 0 Å². The first-order chi connectivity index (χ1) is 12.6. The molecule has 1 atom stereocenters. The van der Waals surface area contributed by atoms with Gasteiger partial charge in [0.15, 0.2) is 6.10 Å². The van der Waals surface area contributed by atoms with Gasteiger partial charge in [0.2, 0.25) is 0 Å². The molecule has 1 heterocycles. The van der Waals surface area contributed by atoms with Crippen molar-refractivity contribution in [1.29, 1.82) is 0 Å². The smallest absolute Gasteiger partial charge is 0.261 e. The van der Waals surface area contributed by atoms with Crippen LogP contribution in [0.3, 0.4) is 0 Å². The third-order valence-corrected chi connectivity index (χ3v) is 4.87. The zero-order valence-electron chi connectivity index (χ0n) is 15.7. The fraction of sp³-hybridized carbons (Fsp3) is 0.409. The summed E-state index contributed by atoms with van der Waals surface area (Å²) in [5.74, 6) is 0.620. The summed E-state index contributed by atoms with van der Waals surface area (Å²) in [5.41, 5.74) is 3.64. The van der Waals surface area contributed by atoms with Crippen LogP contribution in [0, 0.1) is 6.92 Å². The molecule has 0 spiro atoms. The van der Waals surface area contributed by atoms with E-state index in [1.807, 2.05) is 37.3 Å². The molecule has 0 aliphatic carbocycles. The zero-order chi connectivity index (χ0) is 18.4. The van der Waals surface area contributed by atoms with E-state index in [-0.39, 0.29) is 5.91 Å². The molecule has 0 radical (unpaired) electrons. The largest absolute Gasteiger partial charge is 0.481 e. The summed E-state index contributed by atoms with van der Waals surface area (Å²) in [6.07, 6.45) is 2.04. The lowest BCUT2D eigenvalue weighted by Crippen LogP contribution is -2.36. The highest BCUT2D eigenvalue weighted by molar-refractivity contribution is 5.80. The molecule has 1 aliphatic rings. The Balaban J connectivity index is 1.54. The average molecular weight is 352 g/mol. The molecule has 1 amide bonds. The number of ether oxygens (including phenoxy) is 1. The summed E-state index contributed by atoms with van der Waals surface area (Å²) in [6.45, 7) is 7.64. The van der Waals surface area contributed by atoms with E-state index < -0.39 is 6.10 Å². The maximum absolute atomic E-state index is 12.4. The number of aryl methyl sites for hydroxylation is 1. The molecule has 2 aromatic carbocycles. The molecule has 1 unspecified atom stereocenters. The van der Waals surface area contributed by atoms with Gasteiger partial charge in [-0.2, -0.15) is 0 Å². The third-order valence-electron chi connectivity index (χ3n) is 4.87.